The first kappa shape index (κ1) is 25.7. The number of pyridine rings is 1. The number of amides is 1. The molecule has 5 aromatic rings. The van der Waals surface area contributed by atoms with E-state index in [2.05, 4.69) is 46.3 Å². The van der Waals surface area contributed by atoms with Gasteiger partial charge in [0.15, 0.2) is 5.65 Å². The number of hydrogen-bond donors (Lipinski definition) is 2. The van der Waals surface area contributed by atoms with Gasteiger partial charge in [-0.1, -0.05) is 19.9 Å². The van der Waals surface area contributed by atoms with Crippen molar-refractivity contribution >= 4 is 22.9 Å². The fourth-order valence-electron chi connectivity index (χ4n) is 4.79. The highest BCUT2D eigenvalue weighted by Gasteiger charge is 2.20. The number of H-pyrrole nitrogens is 1. The molecule has 0 radical (unpaired) electrons. The third-order valence-corrected chi connectivity index (χ3v) is 7.78. The number of thiophene rings is 1. The molecule has 5 rings (SSSR count). The SMILES string of the molecule is CCN(CC)C(C)CNC(=O)c1cc(-c2c(C)n[nH]c2C)nc(-c2cnn3ccc(-c4cccs4)nc23)c1. The predicted molar refractivity (Wildman–Crippen MR) is 151 cm³/mol. The Hall–Kier alpha value is -3.89. The first-order chi connectivity index (χ1) is 18.4. The lowest BCUT2D eigenvalue weighted by atomic mass is 10.0. The van der Waals surface area contributed by atoms with Crippen molar-refractivity contribution in [1.82, 2.24) is 40.0 Å². The van der Waals surface area contributed by atoms with Crippen LogP contribution in [0.4, 0.5) is 0 Å². The molecule has 196 valence electrons. The average molecular weight is 529 g/mol. The van der Waals surface area contributed by atoms with E-state index in [4.69, 9.17) is 9.97 Å². The summed E-state index contributed by atoms with van der Waals surface area (Å²) in [6.07, 6.45) is 3.66. The number of nitrogens with zero attached hydrogens (tertiary/aromatic N) is 6. The molecule has 9 nitrogen and oxygen atoms in total. The number of rotatable bonds is 9. The van der Waals surface area contributed by atoms with Crippen molar-refractivity contribution in [3.8, 4) is 33.1 Å². The molecule has 2 N–H and O–H groups in total. The zero-order valence-electron chi connectivity index (χ0n) is 22.3. The van der Waals surface area contributed by atoms with E-state index in [1.54, 1.807) is 22.0 Å². The highest BCUT2D eigenvalue weighted by atomic mass is 32.1. The van der Waals surface area contributed by atoms with Crippen molar-refractivity contribution in [2.45, 2.75) is 40.7 Å². The number of likely N-dealkylation sites (N-methyl/N-ethyl adjacent to an activating group) is 1. The van der Waals surface area contributed by atoms with Crippen LogP contribution < -0.4 is 5.32 Å². The minimum atomic E-state index is -0.142. The molecule has 1 amide bonds. The maximum atomic E-state index is 13.4. The van der Waals surface area contributed by atoms with Gasteiger partial charge < -0.3 is 5.32 Å². The molecule has 0 aliphatic carbocycles. The van der Waals surface area contributed by atoms with Gasteiger partial charge in [-0.05, 0) is 63.5 Å². The molecule has 0 saturated carbocycles. The predicted octanol–water partition coefficient (Wildman–Crippen LogP) is 4.99. The molecule has 1 atom stereocenters. The van der Waals surface area contributed by atoms with Crippen LogP contribution in [-0.4, -0.2) is 66.3 Å². The van der Waals surface area contributed by atoms with Crippen LogP contribution in [-0.2, 0) is 0 Å². The second-order valence-corrected chi connectivity index (χ2v) is 10.3. The topological polar surface area (TPSA) is 104 Å². The van der Waals surface area contributed by atoms with Gasteiger partial charge in [0.25, 0.3) is 5.91 Å². The molecule has 0 spiro atoms. The van der Waals surface area contributed by atoms with Gasteiger partial charge in [0.05, 0.1) is 39.4 Å². The highest BCUT2D eigenvalue weighted by Crippen LogP contribution is 2.31. The number of carbonyl (C=O) groups excluding carboxylic acids is 1. The lowest BCUT2D eigenvalue weighted by molar-refractivity contribution is 0.0938. The van der Waals surface area contributed by atoms with Gasteiger partial charge in [0, 0.05) is 35.6 Å². The first-order valence-corrected chi connectivity index (χ1v) is 13.7. The highest BCUT2D eigenvalue weighted by molar-refractivity contribution is 7.13. The molecule has 0 aliphatic rings. The summed E-state index contributed by atoms with van der Waals surface area (Å²) in [6.45, 7) is 12.7. The van der Waals surface area contributed by atoms with Crippen molar-refractivity contribution in [2.24, 2.45) is 0 Å². The van der Waals surface area contributed by atoms with Gasteiger partial charge in [-0.15, -0.1) is 11.3 Å². The van der Waals surface area contributed by atoms with E-state index >= 15 is 0 Å². The second-order valence-electron chi connectivity index (χ2n) is 9.33. The second kappa shape index (κ2) is 10.8. The van der Waals surface area contributed by atoms with E-state index < -0.39 is 0 Å². The monoisotopic (exact) mass is 528 g/mol. The van der Waals surface area contributed by atoms with Crippen LogP contribution in [0.5, 0.6) is 0 Å². The molecule has 5 aromatic heterocycles. The lowest BCUT2D eigenvalue weighted by Crippen LogP contribution is -2.42. The number of carbonyl (C=O) groups is 1. The van der Waals surface area contributed by atoms with Crippen molar-refractivity contribution in [3.05, 3.63) is 65.1 Å². The fraction of sp³-hybridized carbons (Fsp3) is 0.321. The number of aromatic amines is 1. The maximum Gasteiger partial charge on any atom is 0.251 e. The summed E-state index contributed by atoms with van der Waals surface area (Å²) >= 11 is 1.64. The normalized spacial score (nSPS) is 12.4. The van der Waals surface area contributed by atoms with E-state index in [1.165, 1.54) is 0 Å². The maximum absolute atomic E-state index is 13.4. The van der Waals surface area contributed by atoms with Crippen LogP contribution in [0.2, 0.25) is 0 Å². The van der Waals surface area contributed by atoms with Crippen LogP contribution in [0.15, 0.2) is 48.1 Å². The van der Waals surface area contributed by atoms with Gasteiger partial charge in [-0.2, -0.15) is 10.2 Å². The minimum Gasteiger partial charge on any atom is -0.350 e. The molecule has 1 unspecified atom stereocenters. The summed E-state index contributed by atoms with van der Waals surface area (Å²) in [6, 6.07) is 9.89. The Morgan fingerprint density at radius 3 is 2.61 bits per heavy atom. The van der Waals surface area contributed by atoms with Gasteiger partial charge in [-0.25, -0.2) is 14.5 Å². The number of hydrogen-bond acceptors (Lipinski definition) is 7. The zero-order valence-corrected chi connectivity index (χ0v) is 23.1. The number of fused-ring (bicyclic) bond motifs is 1. The lowest BCUT2D eigenvalue weighted by Gasteiger charge is -2.26. The first-order valence-electron chi connectivity index (χ1n) is 12.8. The Kier molecular flexibility index (Phi) is 7.35. The molecular formula is C28H32N8OS. The summed E-state index contributed by atoms with van der Waals surface area (Å²) in [7, 11) is 0. The summed E-state index contributed by atoms with van der Waals surface area (Å²) < 4.78 is 1.74. The summed E-state index contributed by atoms with van der Waals surface area (Å²) in [5.74, 6) is -0.142. The molecule has 10 heteroatoms. The molecule has 0 fully saturated rings. The van der Waals surface area contributed by atoms with Crippen molar-refractivity contribution in [3.63, 3.8) is 0 Å². The van der Waals surface area contributed by atoms with Crippen LogP contribution in [0.3, 0.4) is 0 Å². The molecule has 0 bridgehead atoms. The third-order valence-electron chi connectivity index (χ3n) is 6.88. The Bertz CT molecular complexity index is 1550. The van der Waals surface area contributed by atoms with Gasteiger partial charge in [0.1, 0.15) is 0 Å². The van der Waals surface area contributed by atoms with E-state index in [1.807, 2.05) is 55.8 Å². The van der Waals surface area contributed by atoms with Crippen LogP contribution >= 0.6 is 11.3 Å². The minimum absolute atomic E-state index is 0.142. The number of aryl methyl sites for hydroxylation is 2. The Morgan fingerprint density at radius 1 is 1.13 bits per heavy atom. The van der Waals surface area contributed by atoms with E-state index in [9.17, 15) is 4.79 Å². The molecule has 0 saturated heterocycles. The quantitative estimate of drug-likeness (QED) is 0.279. The molecular weight excluding hydrogens is 496 g/mol. The molecule has 0 aromatic carbocycles. The Morgan fingerprint density at radius 2 is 1.92 bits per heavy atom. The average Bonchev–Trinajstić information content (AvgIpc) is 3.68. The zero-order chi connectivity index (χ0) is 26.8. The summed E-state index contributed by atoms with van der Waals surface area (Å²) in [4.78, 5) is 26.7. The Labute approximate surface area is 226 Å². The smallest absolute Gasteiger partial charge is 0.251 e. The van der Waals surface area contributed by atoms with Crippen molar-refractivity contribution in [2.75, 3.05) is 19.6 Å². The Balaban J connectivity index is 1.58. The summed E-state index contributed by atoms with van der Waals surface area (Å²) in [5, 5.41) is 17.0. The van der Waals surface area contributed by atoms with E-state index in [0.717, 1.165) is 46.2 Å². The standard InChI is InChI=1S/C28H32N8OS/c1-6-35(7-2)17(3)15-29-28(37)20-13-23(31-24(14-20)26-18(4)33-34-19(26)5)21-16-30-36-11-10-22(32-27(21)36)25-9-8-12-38-25/h8-14,16-17H,6-7,15H2,1-5H3,(H,29,37)(H,33,34). The largest absolute Gasteiger partial charge is 0.350 e. The van der Waals surface area contributed by atoms with Crippen LogP contribution in [0, 0.1) is 13.8 Å². The fourth-order valence-corrected chi connectivity index (χ4v) is 5.48. The number of nitrogens with one attached hydrogen (secondary N) is 2. The number of aromatic nitrogens is 6. The third kappa shape index (κ3) is 4.97. The molecule has 38 heavy (non-hydrogen) atoms. The summed E-state index contributed by atoms with van der Waals surface area (Å²) in [5.41, 5.74) is 6.77. The van der Waals surface area contributed by atoms with E-state index in [0.29, 0.717) is 29.1 Å². The van der Waals surface area contributed by atoms with Gasteiger partial charge >= 0.3 is 0 Å². The van der Waals surface area contributed by atoms with E-state index in [-0.39, 0.29) is 11.9 Å². The van der Waals surface area contributed by atoms with Gasteiger partial charge in [-0.3, -0.25) is 14.8 Å². The molecule has 5 heterocycles. The van der Waals surface area contributed by atoms with Gasteiger partial charge in [0.2, 0.25) is 0 Å². The van der Waals surface area contributed by atoms with Crippen molar-refractivity contribution in [1.29, 1.82) is 0 Å². The van der Waals surface area contributed by atoms with Crippen LogP contribution in [0.1, 0.15) is 42.5 Å². The van der Waals surface area contributed by atoms with Crippen LogP contribution in [0.25, 0.3) is 38.7 Å². The molecule has 0 aliphatic heterocycles. The van der Waals surface area contributed by atoms with Crippen molar-refractivity contribution < 1.29 is 4.79 Å².